The molecule has 1 atom stereocenters. The van der Waals surface area contributed by atoms with Crippen LogP contribution in [-0.2, 0) is 4.74 Å². The number of carboxylic acids is 1. The molecular weight excluding hydrogens is 234 g/mol. The van der Waals surface area contributed by atoms with E-state index in [1.165, 1.54) is 12.3 Å². The van der Waals surface area contributed by atoms with Crippen LogP contribution in [0.25, 0.3) is 0 Å². The minimum Gasteiger partial charge on any atom is -0.477 e. The Bertz CT molecular complexity index is 452. The lowest BCUT2D eigenvalue weighted by atomic mass is 9.95. The van der Waals surface area contributed by atoms with Crippen LogP contribution in [0.3, 0.4) is 0 Å². The highest BCUT2D eigenvalue weighted by atomic mass is 16.5. The number of carboxylic acid groups (broad SMARTS) is 1. The Morgan fingerprint density at radius 1 is 1.61 bits per heavy atom. The van der Waals surface area contributed by atoms with Gasteiger partial charge in [0.15, 0.2) is 5.69 Å². The van der Waals surface area contributed by atoms with E-state index in [9.17, 15) is 4.79 Å². The monoisotopic (exact) mass is 251 g/mol. The van der Waals surface area contributed by atoms with E-state index in [0.29, 0.717) is 12.5 Å². The molecule has 1 aromatic heterocycles. The SMILES string of the molecule is COC1(C)CCCN(c2nccc(C(=O)O)n2)C1. The molecule has 0 spiro atoms. The summed E-state index contributed by atoms with van der Waals surface area (Å²) in [5, 5.41) is 8.92. The van der Waals surface area contributed by atoms with Gasteiger partial charge in [-0.2, -0.15) is 0 Å². The Morgan fingerprint density at radius 3 is 3.06 bits per heavy atom. The number of ether oxygens (including phenoxy) is 1. The standard InChI is InChI=1S/C12H17N3O3/c1-12(18-2)5-3-7-15(8-12)11-13-6-4-9(14-11)10(16)17/h4,6H,3,5,7-8H2,1-2H3,(H,16,17). The molecule has 1 N–H and O–H groups in total. The van der Waals surface area contributed by atoms with Crippen molar-refractivity contribution in [3.63, 3.8) is 0 Å². The number of hydrogen-bond acceptors (Lipinski definition) is 5. The quantitative estimate of drug-likeness (QED) is 0.869. The minimum absolute atomic E-state index is 0.0182. The Balaban J connectivity index is 2.21. The first-order chi connectivity index (χ1) is 8.54. The molecule has 2 rings (SSSR count). The third-order valence-corrected chi connectivity index (χ3v) is 3.30. The summed E-state index contributed by atoms with van der Waals surface area (Å²) in [6.45, 7) is 3.54. The topological polar surface area (TPSA) is 75.5 Å². The molecule has 0 bridgehead atoms. The maximum Gasteiger partial charge on any atom is 0.354 e. The van der Waals surface area contributed by atoms with Crippen LogP contribution in [0.2, 0.25) is 0 Å². The number of aromatic carboxylic acids is 1. The molecule has 0 radical (unpaired) electrons. The maximum atomic E-state index is 10.9. The van der Waals surface area contributed by atoms with Crippen molar-refractivity contribution in [2.24, 2.45) is 0 Å². The number of methoxy groups -OCH3 is 1. The number of rotatable bonds is 3. The third kappa shape index (κ3) is 2.59. The minimum atomic E-state index is -1.04. The van der Waals surface area contributed by atoms with Gasteiger partial charge in [-0.15, -0.1) is 0 Å². The Kier molecular flexibility index (Phi) is 3.47. The molecule has 1 aliphatic heterocycles. The summed E-state index contributed by atoms with van der Waals surface area (Å²) in [7, 11) is 1.69. The number of anilines is 1. The summed E-state index contributed by atoms with van der Waals surface area (Å²) in [5.41, 5.74) is -0.203. The number of aromatic nitrogens is 2. The van der Waals surface area contributed by atoms with Crippen LogP contribution >= 0.6 is 0 Å². The lowest BCUT2D eigenvalue weighted by Gasteiger charge is -2.39. The Morgan fingerprint density at radius 2 is 2.39 bits per heavy atom. The molecule has 6 heteroatoms. The van der Waals surface area contributed by atoms with Crippen LogP contribution < -0.4 is 4.90 Å². The first-order valence-corrected chi connectivity index (χ1v) is 5.90. The zero-order chi connectivity index (χ0) is 13.2. The van der Waals surface area contributed by atoms with Crippen LogP contribution in [0, 0.1) is 0 Å². The van der Waals surface area contributed by atoms with E-state index in [1.54, 1.807) is 7.11 Å². The van der Waals surface area contributed by atoms with Crippen molar-refractivity contribution in [3.8, 4) is 0 Å². The molecule has 0 amide bonds. The molecule has 0 aromatic carbocycles. The second kappa shape index (κ2) is 4.89. The fraction of sp³-hybridized carbons (Fsp3) is 0.583. The van der Waals surface area contributed by atoms with E-state index in [2.05, 4.69) is 9.97 Å². The average Bonchev–Trinajstić information content (AvgIpc) is 2.39. The average molecular weight is 251 g/mol. The van der Waals surface area contributed by atoms with Gasteiger partial charge in [0, 0.05) is 26.4 Å². The molecule has 1 aromatic rings. The van der Waals surface area contributed by atoms with Gasteiger partial charge in [-0.3, -0.25) is 0 Å². The second-order valence-electron chi connectivity index (χ2n) is 4.73. The van der Waals surface area contributed by atoms with Gasteiger partial charge < -0.3 is 14.7 Å². The van der Waals surface area contributed by atoms with Crippen molar-refractivity contribution < 1.29 is 14.6 Å². The zero-order valence-corrected chi connectivity index (χ0v) is 10.6. The molecule has 98 valence electrons. The van der Waals surface area contributed by atoms with Crippen molar-refractivity contribution in [2.75, 3.05) is 25.1 Å². The maximum absolute atomic E-state index is 10.9. The summed E-state index contributed by atoms with van der Waals surface area (Å²) < 4.78 is 5.49. The van der Waals surface area contributed by atoms with Crippen molar-refractivity contribution in [1.82, 2.24) is 9.97 Å². The highest BCUT2D eigenvalue weighted by Gasteiger charge is 2.32. The smallest absolute Gasteiger partial charge is 0.354 e. The molecule has 1 saturated heterocycles. The van der Waals surface area contributed by atoms with Gasteiger partial charge in [-0.05, 0) is 25.8 Å². The van der Waals surface area contributed by atoms with E-state index in [-0.39, 0.29) is 11.3 Å². The van der Waals surface area contributed by atoms with Gasteiger partial charge in [0.25, 0.3) is 0 Å². The lowest BCUT2D eigenvalue weighted by Crippen LogP contribution is -2.48. The molecule has 2 heterocycles. The highest BCUT2D eigenvalue weighted by Crippen LogP contribution is 2.26. The highest BCUT2D eigenvalue weighted by molar-refractivity contribution is 5.85. The van der Waals surface area contributed by atoms with Crippen LogP contribution in [0.1, 0.15) is 30.3 Å². The fourth-order valence-electron chi connectivity index (χ4n) is 2.16. The van der Waals surface area contributed by atoms with Crippen molar-refractivity contribution >= 4 is 11.9 Å². The summed E-state index contributed by atoms with van der Waals surface area (Å²) in [6, 6.07) is 1.39. The molecule has 6 nitrogen and oxygen atoms in total. The zero-order valence-electron chi connectivity index (χ0n) is 10.6. The van der Waals surface area contributed by atoms with Crippen LogP contribution in [0.15, 0.2) is 12.3 Å². The molecule has 0 saturated carbocycles. The number of hydrogen-bond donors (Lipinski definition) is 1. The Hall–Kier alpha value is -1.69. The van der Waals surface area contributed by atoms with Gasteiger partial charge in [0.05, 0.1) is 5.60 Å². The molecule has 1 aliphatic rings. The van der Waals surface area contributed by atoms with Gasteiger partial charge in [0.2, 0.25) is 5.95 Å². The second-order valence-corrected chi connectivity index (χ2v) is 4.73. The predicted molar refractivity (Wildman–Crippen MR) is 65.9 cm³/mol. The molecule has 1 fully saturated rings. The van der Waals surface area contributed by atoms with E-state index in [1.807, 2.05) is 11.8 Å². The first kappa shape index (κ1) is 12.8. The summed E-state index contributed by atoms with van der Waals surface area (Å²) >= 11 is 0. The largest absolute Gasteiger partial charge is 0.477 e. The number of carbonyl (C=O) groups is 1. The van der Waals surface area contributed by atoms with Gasteiger partial charge in [0.1, 0.15) is 0 Å². The summed E-state index contributed by atoms with van der Waals surface area (Å²) in [5.74, 6) is -0.581. The van der Waals surface area contributed by atoms with Gasteiger partial charge >= 0.3 is 5.97 Å². The van der Waals surface area contributed by atoms with E-state index < -0.39 is 5.97 Å². The van der Waals surface area contributed by atoms with Crippen LogP contribution in [0.4, 0.5) is 5.95 Å². The molecule has 1 unspecified atom stereocenters. The molecule has 0 aliphatic carbocycles. The lowest BCUT2D eigenvalue weighted by molar-refractivity contribution is -0.00499. The summed E-state index contributed by atoms with van der Waals surface area (Å²) in [4.78, 5) is 21.1. The van der Waals surface area contributed by atoms with Crippen LogP contribution in [-0.4, -0.2) is 46.8 Å². The fourth-order valence-corrected chi connectivity index (χ4v) is 2.16. The van der Waals surface area contributed by atoms with Crippen molar-refractivity contribution in [3.05, 3.63) is 18.0 Å². The van der Waals surface area contributed by atoms with E-state index in [4.69, 9.17) is 9.84 Å². The third-order valence-electron chi connectivity index (χ3n) is 3.30. The summed E-state index contributed by atoms with van der Waals surface area (Å²) in [6.07, 6.45) is 3.44. The van der Waals surface area contributed by atoms with E-state index in [0.717, 1.165) is 19.4 Å². The first-order valence-electron chi connectivity index (χ1n) is 5.90. The van der Waals surface area contributed by atoms with Gasteiger partial charge in [-0.1, -0.05) is 0 Å². The van der Waals surface area contributed by atoms with Gasteiger partial charge in [-0.25, -0.2) is 14.8 Å². The molecule has 18 heavy (non-hydrogen) atoms. The predicted octanol–water partition coefficient (Wildman–Crippen LogP) is 1.18. The normalized spacial score (nSPS) is 24.0. The van der Waals surface area contributed by atoms with E-state index >= 15 is 0 Å². The number of nitrogens with zero attached hydrogens (tertiary/aromatic N) is 3. The number of piperidine rings is 1. The Labute approximate surface area is 106 Å². The molecular formula is C12H17N3O3. The van der Waals surface area contributed by atoms with Crippen molar-refractivity contribution in [1.29, 1.82) is 0 Å². The van der Waals surface area contributed by atoms with Crippen LogP contribution in [0.5, 0.6) is 0 Å². The van der Waals surface area contributed by atoms with Crippen molar-refractivity contribution in [2.45, 2.75) is 25.4 Å².